The summed E-state index contributed by atoms with van der Waals surface area (Å²) in [5.74, 6) is 1.52. The highest BCUT2D eigenvalue weighted by atomic mass is 15.0. The molecular weight excluding hydrogens is 256 g/mol. The maximum atomic E-state index is 4.85. The summed E-state index contributed by atoms with van der Waals surface area (Å²) in [5.41, 5.74) is 3.92. The van der Waals surface area contributed by atoms with Gasteiger partial charge in [-0.05, 0) is 47.1 Å². The van der Waals surface area contributed by atoms with Crippen molar-refractivity contribution >= 4 is 16.7 Å². The number of rotatable bonds is 4. The lowest BCUT2D eigenvalue weighted by Gasteiger charge is -2.20. The van der Waals surface area contributed by atoms with E-state index in [1.165, 1.54) is 16.5 Å². The molecule has 2 nitrogen and oxygen atoms in total. The molecule has 0 aliphatic carbocycles. The van der Waals surface area contributed by atoms with Crippen molar-refractivity contribution in [2.24, 2.45) is 0 Å². The minimum absolute atomic E-state index is 0.172. The molecule has 0 amide bonds. The maximum Gasteiger partial charge on any atom is 0.130 e. The van der Waals surface area contributed by atoms with Crippen molar-refractivity contribution in [3.8, 4) is 0 Å². The number of fused-ring (bicyclic) bond motifs is 1. The van der Waals surface area contributed by atoms with Gasteiger partial charge in [0, 0.05) is 11.9 Å². The monoisotopic (exact) mass is 284 g/mol. The normalized spacial score (nSPS) is 12.1. The van der Waals surface area contributed by atoms with Gasteiger partial charge in [0.2, 0.25) is 0 Å². The Labute approximate surface area is 129 Å². The molecule has 2 heteroatoms. The quantitative estimate of drug-likeness (QED) is 0.804. The minimum Gasteiger partial charge on any atom is -0.370 e. The molecule has 0 spiro atoms. The number of hydrogen-bond acceptors (Lipinski definition) is 2. The molecule has 1 aromatic carbocycles. The highest BCUT2D eigenvalue weighted by Gasteiger charge is 2.15. The van der Waals surface area contributed by atoms with E-state index >= 15 is 0 Å². The lowest BCUT2D eigenvalue weighted by molar-refractivity contribution is 0.591. The van der Waals surface area contributed by atoms with Crippen LogP contribution in [-0.2, 0) is 5.41 Å². The van der Waals surface area contributed by atoms with Gasteiger partial charge in [-0.2, -0.15) is 0 Å². The van der Waals surface area contributed by atoms with Crippen LogP contribution in [0.25, 0.3) is 10.9 Å². The fourth-order valence-electron chi connectivity index (χ4n) is 2.48. The van der Waals surface area contributed by atoms with Crippen molar-refractivity contribution < 1.29 is 0 Å². The van der Waals surface area contributed by atoms with Crippen molar-refractivity contribution in [1.82, 2.24) is 4.98 Å². The van der Waals surface area contributed by atoms with Gasteiger partial charge in [0.15, 0.2) is 0 Å². The molecular formula is C19H28N2. The Bertz CT molecular complexity index is 621. The molecule has 0 aliphatic heterocycles. The standard InChI is InChI=1S/C19H28N2/c1-7-10-20-18-16(13(2)3)12-14-11-15(19(4,5)6)8-9-17(14)21-18/h8-9,11-13H,7,10H2,1-6H3,(H,20,21). The van der Waals surface area contributed by atoms with Gasteiger partial charge in [0.25, 0.3) is 0 Å². The van der Waals surface area contributed by atoms with Gasteiger partial charge in [-0.15, -0.1) is 0 Å². The Kier molecular flexibility index (Phi) is 4.55. The molecule has 0 radical (unpaired) electrons. The molecule has 0 aliphatic rings. The fraction of sp³-hybridized carbons (Fsp3) is 0.526. The lowest BCUT2D eigenvalue weighted by atomic mass is 9.86. The third-order valence-corrected chi connectivity index (χ3v) is 3.87. The minimum atomic E-state index is 0.172. The summed E-state index contributed by atoms with van der Waals surface area (Å²) in [4.78, 5) is 4.85. The molecule has 0 saturated heterocycles. The topological polar surface area (TPSA) is 24.9 Å². The Hall–Kier alpha value is -1.57. The summed E-state index contributed by atoms with van der Waals surface area (Å²) in [6.07, 6.45) is 1.11. The third-order valence-electron chi connectivity index (χ3n) is 3.87. The molecule has 114 valence electrons. The van der Waals surface area contributed by atoms with Gasteiger partial charge in [-0.3, -0.25) is 0 Å². The molecule has 0 unspecified atom stereocenters. The summed E-state index contributed by atoms with van der Waals surface area (Å²) < 4.78 is 0. The van der Waals surface area contributed by atoms with Crippen molar-refractivity contribution in [3.63, 3.8) is 0 Å². The first kappa shape index (κ1) is 15.8. The number of pyridine rings is 1. The van der Waals surface area contributed by atoms with Gasteiger partial charge in [-0.1, -0.05) is 47.6 Å². The fourth-order valence-corrected chi connectivity index (χ4v) is 2.48. The van der Waals surface area contributed by atoms with E-state index in [0.717, 1.165) is 24.3 Å². The van der Waals surface area contributed by atoms with Crippen molar-refractivity contribution in [2.75, 3.05) is 11.9 Å². The number of aromatic nitrogens is 1. The summed E-state index contributed by atoms with van der Waals surface area (Å²) in [7, 11) is 0. The number of anilines is 1. The number of benzene rings is 1. The van der Waals surface area contributed by atoms with Crippen LogP contribution < -0.4 is 5.32 Å². The summed E-state index contributed by atoms with van der Waals surface area (Å²) in [6, 6.07) is 8.95. The first-order valence-electron chi connectivity index (χ1n) is 8.02. The summed E-state index contributed by atoms with van der Waals surface area (Å²) in [6.45, 7) is 14.4. The molecule has 2 aromatic rings. The van der Waals surface area contributed by atoms with Crippen molar-refractivity contribution in [1.29, 1.82) is 0 Å². The molecule has 2 rings (SSSR count). The van der Waals surface area contributed by atoms with Crippen LogP contribution in [0.15, 0.2) is 24.3 Å². The van der Waals surface area contributed by atoms with Gasteiger partial charge < -0.3 is 5.32 Å². The lowest BCUT2D eigenvalue weighted by Crippen LogP contribution is -2.11. The SMILES string of the molecule is CCCNc1nc2ccc(C(C)(C)C)cc2cc1C(C)C. The molecule has 21 heavy (non-hydrogen) atoms. The van der Waals surface area contributed by atoms with E-state index in [1.807, 2.05) is 0 Å². The zero-order valence-corrected chi connectivity index (χ0v) is 14.2. The molecule has 1 aromatic heterocycles. The highest BCUT2D eigenvalue weighted by molar-refractivity contribution is 5.83. The van der Waals surface area contributed by atoms with E-state index < -0.39 is 0 Å². The largest absolute Gasteiger partial charge is 0.370 e. The Balaban J connectivity index is 2.55. The van der Waals surface area contributed by atoms with E-state index in [0.29, 0.717) is 5.92 Å². The first-order valence-corrected chi connectivity index (χ1v) is 8.02. The van der Waals surface area contributed by atoms with E-state index in [1.54, 1.807) is 0 Å². The van der Waals surface area contributed by atoms with Gasteiger partial charge >= 0.3 is 0 Å². The van der Waals surface area contributed by atoms with Gasteiger partial charge in [-0.25, -0.2) is 4.98 Å². The number of nitrogens with zero attached hydrogens (tertiary/aromatic N) is 1. The van der Waals surface area contributed by atoms with E-state index in [4.69, 9.17) is 4.98 Å². The molecule has 1 N–H and O–H groups in total. The zero-order chi connectivity index (χ0) is 15.6. The first-order chi connectivity index (χ1) is 9.82. The van der Waals surface area contributed by atoms with Crippen molar-refractivity contribution in [3.05, 3.63) is 35.4 Å². The Morgan fingerprint density at radius 2 is 1.86 bits per heavy atom. The van der Waals surface area contributed by atoms with Crippen LogP contribution in [0, 0.1) is 0 Å². The predicted octanol–water partition coefficient (Wildman–Crippen LogP) is 5.48. The number of hydrogen-bond donors (Lipinski definition) is 1. The molecule has 1 heterocycles. The predicted molar refractivity (Wildman–Crippen MR) is 93.3 cm³/mol. The maximum absolute atomic E-state index is 4.85. The Morgan fingerprint density at radius 3 is 2.43 bits per heavy atom. The van der Waals surface area contributed by atoms with E-state index in [-0.39, 0.29) is 5.41 Å². The second kappa shape index (κ2) is 6.05. The third kappa shape index (κ3) is 3.55. The smallest absolute Gasteiger partial charge is 0.130 e. The Morgan fingerprint density at radius 1 is 1.14 bits per heavy atom. The van der Waals surface area contributed by atoms with Crippen LogP contribution >= 0.6 is 0 Å². The summed E-state index contributed by atoms with van der Waals surface area (Å²) >= 11 is 0. The molecule has 0 fully saturated rings. The second-order valence-corrected chi connectivity index (χ2v) is 7.17. The van der Waals surface area contributed by atoms with Crippen LogP contribution in [0.5, 0.6) is 0 Å². The van der Waals surface area contributed by atoms with Crippen LogP contribution in [0.3, 0.4) is 0 Å². The van der Waals surface area contributed by atoms with E-state index in [2.05, 4.69) is 71.1 Å². The van der Waals surface area contributed by atoms with Crippen LogP contribution in [0.1, 0.15) is 65.0 Å². The zero-order valence-electron chi connectivity index (χ0n) is 14.2. The van der Waals surface area contributed by atoms with E-state index in [9.17, 15) is 0 Å². The van der Waals surface area contributed by atoms with Crippen LogP contribution in [0.2, 0.25) is 0 Å². The van der Waals surface area contributed by atoms with Gasteiger partial charge in [0.05, 0.1) is 5.52 Å². The molecule has 0 saturated carbocycles. The molecule has 0 atom stereocenters. The second-order valence-electron chi connectivity index (χ2n) is 7.17. The van der Waals surface area contributed by atoms with Crippen molar-refractivity contribution in [2.45, 2.75) is 59.3 Å². The van der Waals surface area contributed by atoms with Crippen LogP contribution in [-0.4, -0.2) is 11.5 Å². The molecule has 0 bridgehead atoms. The van der Waals surface area contributed by atoms with Gasteiger partial charge in [0.1, 0.15) is 5.82 Å². The van der Waals surface area contributed by atoms with Crippen LogP contribution in [0.4, 0.5) is 5.82 Å². The average Bonchev–Trinajstić information content (AvgIpc) is 2.42. The average molecular weight is 284 g/mol. The summed E-state index contributed by atoms with van der Waals surface area (Å²) in [5, 5.41) is 4.71. The number of nitrogens with one attached hydrogen (secondary N) is 1. The highest BCUT2D eigenvalue weighted by Crippen LogP contribution is 2.30.